The zero-order valence-corrected chi connectivity index (χ0v) is 13.0. The summed E-state index contributed by atoms with van der Waals surface area (Å²) in [6.45, 7) is 0.274. The number of nitrogens with zero attached hydrogens (tertiary/aromatic N) is 2. The molecule has 1 fully saturated rings. The van der Waals surface area contributed by atoms with Crippen LogP contribution in [-0.4, -0.2) is 66.2 Å². The lowest BCUT2D eigenvalue weighted by atomic mass is 9.94. The Bertz CT molecular complexity index is 502. The van der Waals surface area contributed by atoms with Crippen molar-refractivity contribution in [1.29, 1.82) is 0 Å². The molecular formula is C14H23F2N5O2. The van der Waals surface area contributed by atoms with Crippen molar-refractivity contribution in [3.8, 4) is 0 Å². The highest BCUT2D eigenvalue weighted by molar-refractivity contribution is 5.88. The SMILES string of the molecule is CNC(=O)C1CCCN1C(=O)CN(N)C1CC(F)C(F)=CC1N. The van der Waals surface area contributed by atoms with Crippen molar-refractivity contribution in [1.82, 2.24) is 15.2 Å². The quantitative estimate of drug-likeness (QED) is 0.462. The third-order valence-electron chi connectivity index (χ3n) is 4.41. The summed E-state index contributed by atoms with van der Waals surface area (Å²) < 4.78 is 26.7. The molecule has 0 aromatic carbocycles. The maximum absolute atomic E-state index is 13.5. The third kappa shape index (κ3) is 3.85. The zero-order valence-electron chi connectivity index (χ0n) is 13.0. The minimum Gasteiger partial charge on any atom is -0.357 e. The molecule has 7 nitrogen and oxygen atoms in total. The van der Waals surface area contributed by atoms with Gasteiger partial charge in [-0.2, -0.15) is 0 Å². The van der Waals surface area contributed by atoms with Gasteiger partial charge in [0.15, 0.2) is 6.17 Å². The van der Waals surface area contributed by atoms with E-state index in [1.165, 1.54) is 11.9 Å². The van der Waals surface area contributed by atoms with Crippen LogP contribution >= 0.6 is 0 Å². The number of hydrazine groups is 1. The normalized spacial score (nSPS) is 31.2. The average Bonchev–Trinajstić information content (AvgIpc) is 2.99. The first-order chi connectivity index (χ1) is 10.8. The van der Waals surface area contributed by atoms with Gasteiger partial charge in [0.2, 0.25) is 11.8 Å². The number of allylic oxidation sites excluding steroid dienone is 1. The van der Waals surface area contributed by atoms with Gasteiger partial charge in [0.25, 0.3) is 0 Å². The Morgan fingerprint density at radius 2 is 2.22 bits per heavy atom. The summed E-state index contributed by atoms with van der Waals surface area (Å²) in [6.07, 6.45) is 0.363. The molecule has 2 rings (SSSR count). The third-order valence-corrected chi connectivity index (χ3v) is 4.41. The molecule has 1 aliphatic heterocycles. The van der Waals surface area contributed by atoms with Crippen molar-refractivity contribution in [3.63, 3.8) is 0 Å². The second kappa shape index (κ2) is 7.33. The number of likely N-dealkylation sites (N-methyl/N-ethyl adjacent to an activating group) is 1. The molecule has 9 heteroatoms. The van der Waals surface area contributed by atoms with Gasteiger partial charge in [-0.25, -0.2) is 13.8 Å². The Balaban J connectivity index is 1.98. The number of rotatable bonds is 4. The van der Waals surface area contributed by atoms with Crippen LogP contribution in [0.5, 0.6) is 0 Å². The van der Waals surface area contributed by atoms with Gasteiger partial charge >= 0.3 is 0 Å². The summed E-state index contributed by atoms with van der Waals surface area (Å²) in [7, 11) is 1.52. The van der Waals surface area contributed by atoms with Crippen LogP contribution in [0.15, 0.2) is 11.9 Å². The van der Waals surface area contributed by atoms with Crippen molar-refractivity contribution >= 4 is 11.8 Å². The van der Waals surface area contributed by atoms with E-state index < -0.39 is 30.1 Å². The predicted molar refractivity (Wildman–Crippen MR) is 80.2 cm³/mol. The first-order valence-electron chi connectivity index (χ1n) is 7.64. The van der Waals surface area contributed by atoms with Crippen molar-refractivity contribution in [2.75, 3.05) is 20.1 Å². The fourth-order valence-electron chi connectivity index (χ4n) is 3.11. The minimum atomic E-state index is -1.76. The fraction of sp³-hybridized carbons (Fsp3) is 0.714. The highest BCUT2D eigenvalue weighted by Gasteiger charge is 2.37. The van der Waals surface area contributed by atoms with E-state index in [4.69, 9.17) is 11.6 Å². The number of hydrogen-bond acceptors (Lipinski definition) is 5. The van der Waals surface area contributed by atoms with Crippen LogP contribution in [0.2, 0.25) is 0 Å². The van der Waals surface area contributed by atoms with Crippen LogP contribution in [0.25, 0.3) is 0 Å². The standard InChI is InChI=1S/C14H23F2N5O2/c1-19-14(23)11-3-2-4-20(11)13(22)7-21(18)12-6-9(16)8(15)5-10(12)17/h5,9-12H,2-4,6-7,17-18H2,1H3,(H,19,23). The molecule has 1 aliphatic carbocycles. The number of likely N-dealkylation sites (tertiary alicyclic amines) is 1. The van der Waals surface area contributed by atoms with E-state index in [9.17, 15) is 18.4 Å². The van der Waals surface area contributed by atoms with E-state index in [-0.39, 0.29) is 24.8 Å². The van der Waals surface area contributed by atoms with E-state index in [2.05, 4.69) is 5.32 Å². The monoisotopic (exact) mass is 331 g/mol. The van der Waals surface area contributed by atoms with Crippen LogP contribution in [0.1, 0.15) is 19.3 Å². The highest BCUT2D eigenvalue weighted by Crippen LogP contribution is 2.25. The number of alkyl halides is 1. The maximum Gasteiger partial charge on any atom is 0.242 e. The van der Waals surface area contributed by atoms with E-state index in [0.29, 0.717) is 13.0 Å². The lowest BCUT2D eigenvalue weighted by Crippen LogP contribution is -2.57. The lowest BCUT2D eigenvalue weighted by molar-refractivity contribution is -0.139. The second-order valence-corrected chi connectivity index (χ2v) is 5.93. The minimum absolute atomic E-state index is 0.200. The summed E-state index contributed by atoms with van der Waals surface area (Å²) >= 11 is 0. The molecule has 0 aromatic heterocycles. The van der Waals surface area contributed by atoms with Crippen molar-refractivity contribution < 1.29 is 18.4 Å². The summed E-state index contributed by atoms with van der Waals surface area (Å²) in [5.74, 6) is 4.42. The van der Waals surface area contributed by atoms with Gasteiger partial charge in [-0.05, 0) is 18.9 Å². The molecule has 0 aromatic rings. The first kappa shape index (κ1) is 17.8. The smallest absolute Gasteiger partial charge is 0.242 e. The highest BCUT2D eigenvalue weighted by atomic mass is 19.2. The zero-order chi connectivity index (χ0) is 17.1. The van der Waals surface area contributed by atoms with Gasteiger partial charge in [0, 0.05) is 32.1 Å². The van der Waals surface area contributed by atoms with Crippen LogP contribution < -0.4 is 16.9 Å². The van der Waals surface area contributed by atoms with Crippen LogP contribution in [0.3, 0.4) is 0 Å². The molecule has 5 N–H and O–H groups in total. The lowest BCUT2D eigenvalue weighted by Gasteiger charge is -2.35. The molecule has 0 saturated carbocycles. The van der Waals surface area contributed by atoms with Crippen molar-refractivity contribution in [2.45, 2.75) is 43.6 Å². The Labute approximate surface area is 133 Å². The molecule has 0 radical (unpaired) electrons. The van der Waals surface area contributed by atoms with Crippen molar-refractivity contribution in [3.05, 3.63) is 11.9 Å². The van der Waals surface area contributed by atoms with Crippen LogP contribution in [0.4, 0.5) is 8.78 Å². The maximum atomic E-state index is 13.5. The topological polar surface area (TPSA) is 105 Å². The van der Waals surface area contributed by atoms with Crippen molar-refractivity contribution in [2.24, 2.45) is 11.6 Å². The van der Waals surface area contributed by atoms with E-state index >= 15 is 0 Å². The Hall–Kier alpha value is -1.58. The first-order valence-corrected chi connectivity index (χ1v) is 7.64. The second-order valence-electron chi connectivity index (χ2n) is 5.93. The molecular weight excluding hydrogens is 308 g/mol. The summed E-state index contributed by atoms with van der Waals surface area (Å²) in [5, 5.41) is 3.67. The summed E-state index contributed by atoms with van der Waals surface area (Å²) in [6, 6.07) is -1.96. The number of nitrogens with two attached hydrogens (primary N) is 2. The molecule has 2 amide bonds. The molecule has 130 valence electrons. The Morgan fingerprint density at radius 3 is 2.87 bits per heavy atom. The van der Waals surface area contributed by atoms with Gasteiger partial charge in [0.1, 0.15) is 11.9 Å². The molecule has 1 heterocycles. The molecule has 4 atom stereocenters. The predicted octanol–water partition coefficient (Wildman–Crippen LogP) is -0.810. The fourth-order valence-corrected chi connectivity index (χ4v) is 3.11. The molecule has 4 unspecified atom stereocenters. The summed E-state index contributed by atoms with van der Waals surface area (Å²) in [4.78, 5) is 25.6. The van der Waals surface area contributed by atoms with Gasteiger partial charge in [-0.1, -0.05) is 0 Å². The van der Waals surface area contributed by atoms with Gasteiger partial charge < -0.3 is 16.0 Å². The molecule has 1 saturated heterocycles. The number of carbonyl (C=O) groups excluding carboxylic acids is 2. The van der Waals surface area contributed by atoms with E-state index in [1.807, 2.05) is 0 Å². The van der Waals surface area contributed by atoms with E-state index in [0.717, 1.165) is 17.5 Å². The number of amides is 2. The molecule has 0 bridgehead atoms. The number of halogens is 2. The Morgan fingerprint density at radius 1 is 1.52 bits per heavy atom. The number of nitrogens with one attached hydrogen (secondary N) is 1. The van der Waals surface area contributed by atoms with Gasteiger partial charge in [0.05, 0.1) is 6.54 Å². The van der Waals surface area contributed by atoms with Gasteiger partial charge in [-0.3, -0.25) is 15.4 Å². The van der Waals surface area contributed by atoms with Crippen LogP contribution in [-0.2, 0) is 9.59 Å². The average molecular weight is 331 g/mol. The summed E-state index contributed by atoms with van der Waals surface area (Å²) in [5.41, 5.74) is 5.77. The molecule has 2 aliphatic rings. The number of hydrogen-bond donors (Lipinski definition) is 3. The van der Waals surface area contributed by atoms with Gasteiger partial charge in [-0.15, -0.1) is 0 Å². The van der Waals surface area contributed by atoms with E-state index in [1.54, 1.807) is 0 Å². The molecule has 0 spiro atoms. The van der Waals surface area contributed by atoms with Crippen LogP contribution in [0, 0.1) is 0 Å². The number of carbonyl (C=O) groups is 2. The Kier molecular flexibility index (Phi) is 5.66. The molecule has 23 heavy (non-hydrogen) atoms. The largest absolute Gasteiger partial charge is 0.357 e.